The van der Waals surface area contributed by atoms with E-state index < -0.39 is 0 Å². The molecule has 0 amide bonds. The molecule has 0 spiro atoms. The smallest absolute Gasteiger partial charge is 0.339 e. The highest BCUT2D eigenvalue weighted by Gasteiger charge is 2.27. The lowest BCUT2D eigenvalue weighted by molar-refractivity contribution is 0.0599. The highest BCUT2D eigenvalue weighted by atomic mass is 16.5. The van der Waals surface area contributed by atoms with E-state index in [0.717, 1.165) is 5.56 Å². The average molecular weight is 179 g/mol. The second kappa shape index (κ2) is 2.73. The fourth-order valence-electron chi connectivity index (χ4n) is 1.62. The summed E-state index contributed by atoms with van der Waals surface area (Å²) in [4.78, 5) is 25.2. The van der Waals surface area contributed by atoms with Crippen LogP contribution in [0, 0.1) is 0 Å². The molecular weight excluding hydrogens is 170 g/mol. The molecule has 1 N–H and O–H groups in total. The topological polar surface area (TPSA) is 59.2 Å². The van der Waals surface area contributed by atoms with Gasteiger partial charge in [0.15, 0.2) is 5.78 Å². The number of esters is 1. The molecule has 68 valence electrons. The Morgan fingerprint density at radius 1 is 1.54 bits per heavy atom. The van der Waals surface area contributed by atoms with Gasteiger partial charge in [-0.3, -0.25) is 4.79 Å². The largest absolute Gasteiger partial charge is 0.465 e. The van der Waals surface area contributed by atoms with Gasteiger partial charge in [0.05, 0.1) is 18.4 Å². The number of carbonyl (C=O) groups is 2. The lowest BCUT2D eigenvalue weighted by Gasteiger charge is -1.96. The van der Waals surface area contributed by atoms with Crippen LogP contribution < -0.4 is 0 Å². The molecule has 1 aromatic heterocycles. The normalized spacial score (nSPS) is 14.4. The van der Waals surface area contributed by atoms with Crippen molar-refractivity contribution >= 4 is 11.8 Å². The van der Waals surface area contributed by atoms with E-state index in [1.165, 1.54) is 13.3 Å². The number of rotatable bonds is 1. The molecule has 0 saturated heterocycles. The number of H-pyrrole nitrogens is 1. The van der Waals surface area contributed by atoms with Crippen molar-refractivity contribution in [3.8, 4) is 0 Å². The maximum atomic E-state index is 11.2. The second-order valence-corrected chi connectivity index (χ2v) is 2.97. The van der Waals surface area contributed by atoms with E-state index in [9.17, 15) is 9.59 Å². The number of nitrogens with one attached hydrogen (secondary N) is 1. The third kappa shape index (κ3) is 1.06. The Hall–Kier alpha value is -1.58. The van der Waals surface area contributed by atoms with Gasteiger partial charge in [-0.15, -0.1) is 0 Å². The van der Waals surface area contributed by atoms with Crippen LogP contribution in [0.3, 0.4) is 0 Å². The summed E-state index contributed by atoms with van der Waals surface area (Å²) in [5.41, 5.74) is 1.86. The van der Waals surface area contributed by atoms with Gasteiger partial charge in [-0.05, 0) is 12.0 Å². The number of aromatic amines is 1. The van der Waals surface area contributed by atoms with E-state index in [0.29, 0.717) is 24.1 Å². The van der Waals surface area contributed by atoms with Gasteiger partial charge in [-0.25, -0.2) is 4.79 Å². The van der Waals surface area contributed by atoms with Gasteiger partial charge in [0.2, 0.25) is 0 Å². The van der Waals surface area contributed by atoms with Crippen molar-refractivity contribution in [1.29, 1.82) is 0 Å². The van der Waals surface area contributed by atoms with Crippen LogP contribution in [0.5, 0.6) is 0 Å². The van der Waals surface area contributed by atoms with Crippen LogP contribution in [0.2, 0.25) is 0 Å². The van der Waals surface area contributed by atoms with Gasteiger partial charge in [0.25, 0.3) is 0 Å². The summed E-state index contributed by atoms with van der Waals surface area (Å²) in [7, 11) is 1.33. The van der Waals surface area contributed by atoms with Crippen molar-refractivity contribution in [2.45, 2.75) is 12.8 Å². The number of ether oxygens (including phenoxy) is 1. The lowest BCUT2D eigenvalue weighted by Crippen LogP contribution is -2.02. The summed E-state index contributed by atoms with van der Waals surface area (Å²) in [5, 5.41) is 0. The van der Waals surface area contributed by atoms with E-state index in [4.69, 9.17) is 0 Å². The summed E-state index contributed by atoms with van der Waals surface area (Å²) >= 11 is 0. The number of methoxy groups -OCH3 is 1. The van der Waals surface area contributed by atoms with E-state index in [1.54, 1.807) is 0 Å². The summed E-state index contributed by atoms with van der Waals surface area (Å²) in [6.07, 6.45) is 2.67. The number of aromatic nitrogens is 1. The predicted octanol–water partition coefficient (Wildman–Crippen LogP) is 0.930. The molecule has 0 unspecified atom stereocenters. The first-order valence-electron chi connectivity index (χ1n) is 4.06. The zero-order chi connectivity index (χ0) is 9.42. The molecule has 1 aliphatic rings. The molecule has 0 radical (unpaired) electrons. The number of hydrogen-bond acceptors (Lipinski definition) is 3. The molecule has 1 heterocycles. The summed E-state index contributed by atoms with van der Waals surface area (Å²) < 4.78 is 4.58. The molecule has 0 fully saturated rings. The minimum absolute atomic E-state index is 0.0742. The minimum atomic E-state index is -0.382. The van der Waals surface area contributed by atoms with E-state index in [2.05, 4.69) is 9.72 Å². The minimum Gasteiger partial charge on any atom is -0.465 e. The van der Waals surface area contributed by atoms with E-state index in [-0.39, 0.29) is 11.8 Å². The SMILES string of the molecule is COC(=O)c1c[nH]c2c1CCC2=O. The zero-order valence-electron chi connectivity index (χ0n) is 7.22. The number of carbonyl (C=O) groups excluding carboxylic acids is 2. The van der Waals surface area contributed by atoms with Crippen molar-refractivity contribution in [3.63, 3.8) is 0 Å². The van der Waals surface area contributed by atoms with E-state index in [1.807, 2.05) is 0 Å². The van der Waals surface area contributed by atoms with Gasteiger partial charge in [0.1, 0.15) is 0 Å². The molecule has 4 heteroatoms. The maximum absolute atomic E-state index is 11.2. The van der Waals surface area contributed by atoms with Gasteiger partial charge < -0.3 is 9.72 Å². The van der Waals surface area contributed by atoms with E-state index >= 15 is 0 Å². The van der Waals surface area contributed by atoms with Crippen LogP contribution in [-0.2, 0) is 11.2 Å². The Morgan fingerprint density at radius 3 is 3.00 bits per heavy atom. The van der Waals surface area contributed by atoms with Gasteiger partial charge >= 0.3 is 5.97 Å². The second-order valence-electron chi connectivity index (χ2n) is 2.97. The molecule has 1 aromatic rings. The standard InChI is InChI=1S/C9H9NO3/c1-13-9(12)6-4-10-8-5(6)2-3-7(8)11/h4,10H,2-3H2,1H3. The Bertz CT molecular complexity index is 378. The van der Waals surface area contributed by atoms with Crippen molar-refractivity contribution in [3.05, 3.63) is 23.0 Å². The summed E-state index contributed by atoms with van der Waals surface area (Å²) in [6.45, 7) is 0. The van der Waals surface area contributed by atoms with Crippen LogP contribution in [0.4, 0.5) is 0 Å². The van der Waals surface area contributed by atoms with Crippen LogP contribution in [-0.4, -0.2) is 23.8 Å². The fourth-order valence-corrected chi connectivity index (χ4v) is 1.62. The average Bonchev–Trinajstić information content (AvgIpc) is 2.68. The Balaban J connectivity index is 2.46. The van der Waals surface area contributed by atoms with Crippen LogP contribution >= 0.6 is 0 Å². The van der Waals surface area contributed by atoms with Crippen LogP contribution in [0.1, 0.15) is 32.8 Å². The van der Waals surface area contributed by atoms with Crippen LogP contribution in [0.15, 0.2) is 6.20 Å². The van der Waals surface area contributed by atoms with Crippen molar-refractivity contribution in [2.75, 3.05) is 7.11 Å². The van der Waals surface area contributed by atoms with Gasteiger partial charge in [-0.2, -0.15) is 0 Å². The van der Waals surface area contributed by atoms with Crippen molar-refractivity contribution in [1.82, 2.24) is 4.98 Å². The number of ketones is 1. The highest BCUT2D eigenvalue weighted by Crippen LogP contribution is 2.24. The first kappa shape index (κ1) is 8.04. The maximum Gasteiger partial charge on any atom is 0.339 e. The Kier molecular flexibility index (Phi) is 1.69. The molecule has 0 bridgehead atoms. The Morgan fingerprint density at radius 2 is 2.31 bits per heavy atom. The molecule has 0 aromatic carbocycles. The van der Waals surface area contributed by atoms with Gasteiger partial charge in [-0.1, -0.05) is 0 Å². The van der Waals surface area contributed by atoms with Crippen molar-refractivity contribution in [2.24, 2.45) is 0 Å². The van der Waals surface area contributed by atoms with Gasteiger partial charge in [0, 0.05) is 12.6 Å². The molecule has 4 nitrogen and oxygen atoms in total. The number of fused-ring (bicyclic) bond motifs is 1. The molecule has 13 heavy (non-hydrogen) atoms. The molecule has 0 aliphatic heterocycles. The number of Topliss-reactive ketones (excluding diaryl/α,β-unsaturated/α-hetero) is 1. The molecule has 2 rings (SSSR count). The monoisotopic (exact) mass is 179 g/mol. The van der Waals surface area contributed by atoms with Crippen molar-refractivity contribution < 1.29 is 14.3 Å². The molecule has 0 saturated carbocycles. The Labute approximate surface area is 74.9 Å². The molecular formula is C9H9NO3. The first-order valence-corrected chi connectivity index (χ1v) is 4.06. The fraction of sp³-hybridized carbons (Fsp3) is 0.333. The quantitative estimate of drug-likeness (QED) is 0.652. The summed E-state index contributed by atoms with van der Waals surface area (Å²) in [6, 6.07) is 0. The number of hydrogen-bond donors (Lipinski definition) is 1. The lowest BCUT2D eigenvalue weighted by atomic mass is 10.1. The van der Waals surface area contributed by atoms with Crippen LogP contribution in [0.25, 0.3) is 0 Å². The predicted molar refractivity (Wildman–Crippen MR) is 44.8 cm³/mol. The third-order valence-corrected chi connectivity index (χ3v) is 2.27. The first-order chi connectivity index (χ1) is 6.24. The summed E-state index contributed by atoms with van der Waals surface area (Å²) in [5.74, 6) is -0.308. The molecule has 1 aliphatic carbocycles. The molecule has 0 atom stereocenters. The highest BCUT2D eigenvalue weighted by molar-refractivity contribution is 6.03. The third-order valence-electron chi connectivity index (χ3n) is 2.27. The zero-order valence-corrected chi connectivity index (χ0v) is 7.22.